The molecule has 5 nitrogen and oxygen atoms in total. The lowest BCUT2D eigenvalue weighted by atomic mass is 9.97. The molecule has 1 aromatic carbocycles. The van der Waals surface area contributed by atoms with Gasteiger partial charge in [0.15, 0.2) is 0 Å². The van der Waals surface area contributed by atoms with Gasteiger partial charge in [0.1, 0.15) is 11.4 Å². The highest BCUT2D eigenvalue weighted by Crippen LogP contribution is 2.34. The van der Waals surface area contributed by atoms with Gasteiger partial charge in [0.25, 0.3) is 11.8 Å². The lowest BCUT2D eigenvalue weighted by Crippen LogP contribution is -2.39. The average Bonchev–Trinajstić information content (AvgIpc) is 2.92. The first-order valence-electron chi connectivity index (χ1n) is 10.1. The first-order chi connectivity index (χ1) is 13.4. The largest absolute Gasteiger partial charge is 0.493 e. The van der Waals surface area contributed by atoms with E-state index in [2.05, 4.69) is 32.3 Å². The quantitative estimate of drug-likeness (QED) is 0.533. The van der Waals surface area contributed by atoms with Crippen molar-refractivity contribution < 1.29 is 14.3 Å². The fraction of sp³-hybridized carbons (Fsp3) is 0.478. The van der Waals surface area contributed by atoms with Crippen molar-refractivity contribution in [3.8, 4) is 5.75 Å². The summed E-state index contributed by atoms with van der Waals surface area (Å²) in [4.78, 5) is 29.5. The molecule has 1 aromatic rings. The molecule has 2 aliphatic rings. The standard InChI is InChI=1S/C23H30N2O3/c1-5-12-25-22(26)20(18-8-10-19(11-9-18)28-15-16(2)3)21(23(25)27)24-13-6-7-17(4)14-24/h5,8-11,16-17H,1,6-7,12-15H2,2-4H3. The molecular weight excluding hydrogens is 352 g/mol. The summed E-state index contributed by atoms with van der Waals surface area (Å²) in [5.41, 5.74) is 1.79. The van der Waals surface area contributed by atoms with Crippen LogP contribution in [0.5, 0.6) is 5.75 Å². The maximum atomic E-state index is 13.1. The summed E-state index contributed by atoms with van der Waals surface area (Å²) in [7, 11) is 0. The Hall–Kier alpha value is -2.56. The first-order valence-corrected chi connectivity index (χ1v) is 10.1. The van der Waals surface area contributed by atoms with Gasteiger partial charge in [-0.15, -0.1) is 6.58 Å². The minimum Gasteiger partial charge on any atom is -0.493 e. The molecule has 2 heterocycles. The van der Waals surface area contributed by atoms with Crippen LogP contribution in [0.3, 0.4) is 0 Å². The highest BCUT2D eigenvalue weighted by Gasteiger charge is 2.41. The number of rotatable bonds is 7. The number of imide groups is 1. The number of benzene rings is 1. The van der Waals surface area contributed by atoms with E-state index in [1.807, 2.05) is 24.3 Å². The number of amides is 2. The van der Waals surface area contributed by atoms with Gasteiger partial charge in [-0.2, -0.15) is 0 Å². The molecule has 0 spiro atoms. The molecule has 0 bridgehead atoms. The second-order valence-corrected chi connectivity index (χ2v) is 8.16. The molecule has 0 aromatic heterocycles. The molecule has 5 heteroatoms. The van der Waals surface area contributed by atoms with E-state index in [1.165, 1.54) is 4.90 Å². The van der Waals surface area contributed by atoms with Gasteiger partial charge in [-0.1, -0.05) is 39.0 Å². The molecule has 150 valence electrons. The lowest BCUT2D eigenvalue weighted by Gasteiger charge is -2.33. The molecule has 0 N–H and O–H groups in total. The molecule has 1 fully saturated rings. The van der Waals surface area contributed by atoms with Crippen LogP contribution in [0.15, 0.2) is 42.6 Å². The monoisotopic (exact) mass is 382 g/mol. The van der Waals surface area contributed by atoms with E-state index in [1.54, 1.807) is 6.08 Å². The van der Waals surface area contributed by atoms with Gasteiger partial charge in [0.05, 0.1) is 12.2 Å². The molecule has 1 saturated heterocycles. The maximum absolute atomic E-state index is 13.1. The van der Waals surface area contributed by atoms with Crippen molar-refractivity contribution in [2.24, 2.45) is 11.8 Å². The second kappa shape index (κ2) is 8.63. The van der Waals surface area contributed by atoms with Crippen LogP contribution in [0.4, 0.5) is 0 Å². The zero-order valence-corrected chi connectivity index (χ0v) is 17.1. The van der Waals surface area contributed by atoms with Gasteiger partial charge in [-0.3, -0.25) is 14.5 Å². The summed E-state index contributed by atoms with van der Waals surface area (Å²) in [6.45, 7) is 12.6. The number of ether oxygens (including phenoxy) is 1. The van der Waals surface area contributed by atoms with Gasteiger partial charge in [0, 0.05) is 19.6 Å². The van der Waals surface area contributed by atoms with Crippen molar-refractivity contribution in [3.05, 3.63) is 48.2 Å². The minimum absolute atomic E-state index is 0.214. The molecule has 0 aliphatic carbocycles. The molecule has 2 amide bonds. The zero-order valence-electron chi connectivity index (χ0n) is 17.1. The number of nitrogens with zero attached hydrogens (tertiary/aromatic N) is 2. The summed E-state index contributed by atoms with van der Waals surface area (Å²) in [5, 5.41) is 0. The SMILES string of the molecule is C=CCN1C(=O)C(c2ccc(OCC(C)C)cc2)=C(N2CCCC(C)C2)C1=O. The molecule has 2 aliphatic heterocycles. The Bertz CT molecular complexity index is 780. The minimum atomic E-state index is -0.242. The normalized spacial score (nSPS) is 20.4. The summed E-state index contributed by atoms with van der Waals surface area (Å²) < 4.78 is 5.75. The molecule has 3 rings (SSSR count). The summed E-state index contributed by atoms with van der Waals surface area (Å²) in [5.74, 6) is 1.26. The van der Waals surface area contributed by atoms with Crippen LogP contribution in [0.25, 0.3) is 5.57 Å². The van der Waals surface area contributed by atoms with Crippen LogP contribution in [0, 0.1) is 11.8 Å². The summed E-state index contributed by atoms with van der Waals surface area (Å²) in [6.07, 6.45) is 3.78. The number of piperidine rings is 1. The van der Waals surface area contributed by atoms with Gasteiger partial charge in [0.2, 0.25) is 0 Å². The van der Waals surface area contributed by atoms with Gasteiger partial charge < -0.3 is 9.64 Å². The van der Waals surface area contributed by atoms with Gasteiger partial charge >= 0.3 is 0 Å². The fourth-order valence-corrected chi connectivity index (χ4v) is 3.78. The Morgan fingerprint density at radius 2 is 1.93 bits per heavy atom. The average molecular weight is 383 g/mol. The van der Waals surface area contributed by atoms with E-state index < -0.39 is 0 Å². The fourth-order valence-electron chi connectivity index (χ4n) is 3.78. The Kier molecular flexibility index (Phi) is 6.22. The predicted octanol–water partition coefficient (Wildman–Crippen LogP) is 3.72. The topological polar surface area (TPSA) is 49.9 Å². The van der Waals surface area contributed by atoms with Crippen LogP contribution in [0.2, 0.25) is 0 Å². The van der Waals surface area contributed by atoms with E-state index in [4.69, 9.17) is 4.74 Å². The van der Waals surface area contributed by atoms with E-state index in [-0.39, 0.29) is 18.4 Å². The van der Waals surface area contributed by atoms with E-state index in [0.717, 1.165) is 37.2 Å². The van der Waals surface area contributed by atoms with Crippen LogP contribution in [0.1, 0.15) is 39.2 Å². The Morgan fingerprint density at radius 3 is 2.54 bits per heavy atom. The molecule has 0 radical (unpaired) electrons. The highest BCUT2D eigenvalue weighted by molar-refractivity contribution is 6.35. The zero-order chi connectivity index (χ0) is 20.3. The van der Waals surface area contributed by atoms with E-state index in [0.29, 0.717) is 29.7 Å². The van der Waals surface area contributed by atoms with E-state index in [9.17, 15) is 9.59 Å². The van der Waals surface area contributed by atoms with Crippen molar-refractivity contribution in [1.82, 2.24) is 9.80 Å². The number of hydrogen-bond acceptors (Lipinski definition) is 4. The summed E-state index contributed by atoms with van der Waals surface area (Å²) >= 11 is 0. The number of likely N-dealkylation sites (tertiary alicyclic amines) is 1. The Morgan fingerprint density at radius 1 is 1.21 bits per heavy atom. The Labute approximate surface area is 167 Å². The first kappa shape index (κ1) is 20.2. The van der Waals surface area contributed by atoms with Gasteiger partial charge in [-0.05, 0) is 42.4 Å². The van der Waals surface area contributed by atoms with Crippen LogP contribution < -0.4 is 4.74 Å². The predicted molar refractivity (Wildman–Crippen MR) is 111 cm³/mol. The maximum Gasteiger partial charge on any atom is 0.278 e. The summed E-state index contributed by atoms with van der Waals surface area (Å²) in [6, 6.07) is 7.49. The van der Waals surface area contributed by atoms with Crippen molar-refractivity contribution in [2.45, 2.75) is 33.6 Å². The molecular formula is C23H30N2O3. The van der Waals surface area contributed by atoms with E-state index >= 15 is 0 Å². The van der Waals surface area contributed by atoms with Crippen LogP contribution in [-0.4, -0.2) is 47.9 Å². The lowest BCUT2D eigenvalue weighted by molar-refractivity contribution is -0.137. The van der Waals surface area contributed by atoms with Gasteiger partial charge in [-0.25, -0.2) is 0 Å². The van der Waals surface area contributed by atoms with Crippen molar-refractivity contribution in [3.63, 3.8) is 0 Å². The third-order valence-corrected chi connectivity index (χ3v) is 5.15. The van der Waals surface area contributed by atoms with Crippen molar-refractivity contribution in [2.75, 3.05) is 26.2 Å². The Balaban J connectivity index is 1.95. The number of carbonyl (C=O) groups is 2. The molecule has 1 unspecified atom stereocenters. The molecule has 28 heavy (non-hydrogen) atoms. The molecule has 1 atom stereocenters. The second-order valence-electron chi connectivity index (χ2n) is 8.16. The third-order valence-electron chi connectivity index (χ3n) is 5.15. The third kappa shape index (κ3) is 4.13. The van der Waals surface area contributed by atoms with Crippen LogP contribution in [-0.2, 0) is 9.59 Å². The smallest absolute Gasteiger partial charge is 0.278 e. The number of hydrogen-bond donors (Lipinski definition) is 0. The highest BCUT2D eigenvalue weighted by atomic mass is 16.5. The molecule has 0 saturated carbocycles. The van der Waals surface area contributed by atoms with Crippen LogP contribution >= 0.6 is 0 Å². The number of carbonyl (C=O) groups excluding carboxylic acids is 2. The van der Waals surface area contributed by atoms with Crippen molar-refractivity contribution in [1.29, 1.82) is 0 Å². The van der Waals surface area contributed by atoms with Crippen molar-refractivity contribution >= 4 is 17.4 Å².